The number of carboxylic acids is 1. The highest BCUT2D eigenvalue weighted by Crippen LogP contribution is 2.47. The van der Waals surface area contributed by atoms with Gasteiger partial charge in [-0.05, 0) is 98.2 Å². The molecule has 0 saturated heterocycles. The standard InChI is InChI=1S/C36H44N2O5S2/c1-21-18-35(3,4)20-23-14-29-26(15-24(21)23)34(27-16-25-22(2)19-36(5,6)38-28(25)17-30(27)43-29)31-11-12-33(44-31)45(41,42)37-13-9-7-8-10-32(39)40/h11-12,14-17,21-22,37H,7-10,13,18-20H2,1-6H3,(H,39,40)/p+1. The van der Waals surface area contributed by atoms with Gasteiger partial charge < -0.3 is 9.84 Å². The molecule has 2 unspecified atom stereocenters. The maximum atomic E-state index is 13.3. The van der Waals surface area contributed by atoms with Gasteiger partial charge in [0, 0.05) is 46.2 Å². The van der Waals surface area contributed by atoms with Crippen LogP contribution in [0.3, 0.4) is 0 Å². The van der Waals surface area contributed by atoms with Gasteiger partial charge in [-0.2, -0.15) is 0 Å². The highest BCUT2D eigenvalue weighted by Gasteiger charge is 2.35. The van der Waals surface area contributed by atoms with Crippen molar-refractivity contribution in [3.05, 3.63) is 74.1 Å². The summed E-state index contributed by atoms with van der Waals surface area (Å²) in [6, 6.07) is 12.5. The van der Waals surface area contributed by atoms with Gasteiger partial charge in [-0.25, -0.2) is 18.1 Å². The summed E-state index contributed by atoms with van der Waals surface area (Å²) in [7, 11) is -3.71. The Bertz CT molecular complexity index is 1910. The lowest BCUT2D eigenvalue weighted by molar-refractivity contribution is -0.588. The average molecular weight is 650 g/mol. The van der Waals surface area contributed by atoms with E-state index in [1.54, 1.807) is 6.07 Å². The predicted octanol–water partition coefficient (Wildman–Crippen LogP) is 5.09. The third kappa shape index (κ3) is 6.49. The van der Waals surface area contributed by atoms with Crippen LogP contribution in [0.25, 0.3) is 5.57 Å². The van der Waals surface area contributed by atoms with Gasteiger partial charge in [-0.1, -0.05) is 34.1 Å². The molecule has 0 amide bonds. The van der Waals surface area contributed by atoms with Crippen LogP contribution in [0.4, 0.5) is 0 Å². The first-order chi connectivity index (χ1) is 21.1. The molecule has 1 aromatic heterocycles. The number of rotatable bonds is 9. The number of nitrogens with one attached hydrogen (secondary N) is 2. The fraction of sp³-hybridized carbons (Fsp3) is 0.500. The molecule has 0 spiro atoms. The third-order valence-electron chi connectivity index (χ3n) is 9.48. The number of benzene rings is 2. The van der Waals surface area contributed by atoms with Gasteiger partial charge >= 0.3 is 5.97 Å². The number of aliphatic carboxylic acids is 1. The lowest BCUT2D eigenvalue weighted by Gasteiger charge is -2.36. The van der Waals surface area contributed by atoms with Crippen LogP contribution in [-0.2, 0) is 21.2 Å². The summed E-state index contributed by atoms with van der Waals surface area (Å²) in [4.78, 5) is 15.4. The Morgan fingerprint density at radius 1 is 1.00 bits per heavy atom. The maximum Gasteiger partial charge on any atom is 0.303 e. The molecular weight excluding hydrogens is 605 g/mol. The highest BCUT2D eigenvalue weighted by atomic mass is 32.2. The second-order valence-electron chi connectivity index (χ2n) is 14.7. The average Bonchev–Trinajstić information content (AvgIpc) is 3.42. The summed E-state index contributed by atoms with van der Waals surface area (Å²) in [5.74, 6) is 1.54. The predicted molar refractivity (Wildman–Crippen MR) is 177 cm³/mol. The van der Waals surface area contributed by atoms with Gasteiger partial charge in [0.2, 0.25) is 15.4 Å². The molecule has 3 N–H and O–H groups in total. The van der Waals surface area contributed by atoms with E-state index < -0.39 is 16.0 Å². The molecule has 0 bridgehead atoms. The Kier molecular flexibility index (Phi) is 8.28. The van der Waals surface area contributed by atoms with E-state index in [1.165, 1.54) is 28.0 Å². The smallest absolute Gasteiger partial charge is 0.303 e. The lowest BCUT2D eigenvalue weighted by atomic mass is 9.69. The molecule has 0 fully saturated rings. The Morgan fingerprint density at radius 3 is 2.51 bits per heavy atom. The van der Waals surface area contributed by atoms with Crippen LogP contribution in [-0.4, -0.2) is 31.6 Å². The van der Waals surface area contributed by atoms with Crippen LogP contribution in [0.2, 0.25) is 0 Å². The van der Waals surface area contributed by atoms with E-state index in [-0.39, 0.29) is 28.1 Å². The minimum atomic E-state index is -3.71. The van der Waals surface area contributed by atoms with E-state index in [0.717, 1.165) is 57.4 Å². The molecule has 3 aliphatic rings. The maximum absolute atomic E-state index is 13.3. The first kappa shape index (κ1) is 32.0. The zero-order chi connectivity index (χ0) is 32.3. The third-order valence-corrected chi connectivity index (χ3v) is 12.5. The summed E-state index contributed by atoms with van der Waals surface area (Å²) >= 11 is 1.29. The molecule has 9 heteroatoms. The zero-order valence-corrected chi connectivity index (χ0v) is 28.8. The van der Waals surface area contributed by atoms with Crippen LogP contribution in [0.5, 0.6) is 11.5 Å². The first-order valence-electron chi connectivity index (χ1n) is 16.1. The minimum Gasteiger partial charge on any atom is -0.481 e. The van der Waals surface area contributed by atoms with Gasteiger partial charge in [-0.3, -0.25) is 4.79 Å². The SMILES string of the molecule is CC1CC(C)(C)Cc2cc3c(cc21)C(c1ccc(S(=O)(=O)NCCCCCC(=O)O)s1)=c1cc2c(cc1O3)=[NH+]C(C)(C)CC2C. The second kappa shape index (κ2) is 11.7. The molecule has 7 nitrogen and oxygen atoms in total. The summed E-state index contributed by atoms with van der Waals surface area (Å²) in [6.07, 6.45) is 5.00. The van der Waals surface area contributed by atoms with Crippen molar-refractivity contribution in [1.29, 1.82) is 0 Å². The van der Waals surface area contributed by atoms with Gasteiger partial charge in [-0.15, -0.1) is 11.3 Å². The topological polar surface area (TPSA) is 107 Å². The number of sulfonamides is 1. The van der Waals surface area contributed by atoms with E-state index in [0.29, 0.717) is 31.1 Å². The van der Waals surface area contributed by atoms with Crippen molar-refractivity contribution in [2.24, 2.45) is 5.41 Å². The number of unbranched alkanes of at least 4 members (excludes halogenated alkanes) is 2. The van der Waals surface area contributed by atoms with Crippen LogP contribution < -0.4 is 25.0 Å². The Labute approximate surface area is 270 Å². The van der Waals surface area contributed by atoms with Crippen molar-refractivity contribution >= 4 is 32.9 Å². The highest BCUT2D eigenvalue weighted by molar-refractivity contribution is 7.91. The Hall–Kier alpha value is -3.01. The van der Waals surface area contributed by atoms with Crippen molar-refractivity contribution < 1.29 is 28.0 Å². The van der Waals surface area contributed by atoms with Gasteiger partial charge in [0.1, 0.15) is 15.7 Å². The quantitative estimate of drug-likeness (QED) is 0.219. The fourth-order valence-electron chi connectivity index (χ4n) is 7.72. The number of fused-ring (bicyclic) bond motifs is 4. The largest absolute Gasteiger partial charge is 0.481 e. The lowest BCUT2D eigenvalue weighted by Crippen LogP contribution is -2.90. The van der Waals surface area contributed by atoms with E-state index in [4.69, 9.17) is 9.84 Å². The normalized spacial score (nSPS) is 21.1. The molecule has 1 aliphatic carbocycles. The number of carbonyl (C=O) groups is 1. The van der Waals surface area contributed by atoms with Crippen molar-refractivity contribution in [2.75, 3.05) is 6.54 Å². The Morgan fingerprint density at radius 2 is 1.76 bits per heavy atom. The van der Waals surface area contributed by atoms with E-state index in [1.807, 2.05) is 6.07 Å². The second-order valence-corrected chi connectivity index (χ2v) is 17.8. The molecule has 3 heterocycles. The molecule has 0 saturated carbocycles. The molecule has 2 aliphatic heterocycles. The van der Waals surface area contributed by atoms with Crippen LogP contribution in [0.1, 0.15) is 119 Å². The van der Waals surface area contributed by atoms with E-state index >= 15 is 0 Å². The number of thiophene rings is 1. The fourth-order valence-corrected chi connectivity index (χ4v) is 10.2. The number of carboxylic acid groups (broad SMARTS) is 1. The van der Waals surface area contributed by atoms with Gasteiger partial charge in [0.05, 0.1) is 6.07 Å². The number of hydrogen-bond acceptors (Lipinski definition) is 5. The molecule has 0 radical (unpaired) electrons. The van der Waals surface area contributed by atoms with E-state index in [2.05, 4.69) is 75.5 Å². The molecule has 45 heavy (non-hydrogen) atoms. The van der Waals surface area contributed by atoms with Crippen LogP contribution in [0, 0.1) is 5.41 Å². The zero-order valence-electron chi connectivity index (χ0n) is 27.2. The summed E-state index contributed by atoms with van der Waals surface area (Å²) in [6.45, 7) is 14.0. The van der Waals surface area contributed by atoms with Crippen molar-refractivity contribution in [3.63, 3.8) is 0 Å². The molecule has 2 aromatic carbocycles. The van der Waals surface area contributed by atoms with Gasteiger partial charge in [0.25, 0.3) is 0 Å². The molecule has 240 valence electrons. The molecule has 6 rings (SSSR count). The van der Waals surface area contributed by atoms with Crippen LogP contribution >= 0.6 is 11.3 Å². The summed E-state index contributed by atoms with van der Waals surface area (Å²) in [5.41, 5.74) is 6.15. The minimum absolute atomic E-state index is 0.0269. The van der Waals surface area contributed by atoms with Gasteiger partial charge in [0.15, 0.2) is 5.54 Å². The summed E-state index contributed by atoms with van der Waals surface area (Å²) in [5, 5.41) is 10.9. The molecule has 2 atom stereocenters. The van der Waals surface area contributed by atoms with Crippen molar-refractivity contribution in [1.82, 2.24) is 4.72 Å². The monoisotopic (exact) mass is 649 g/mol. The number of hydrogen-bond donors (Lipinski definition) is 3. The van der Waals surface area contributed by atoms with E-state index in [9.17, 15) is 13.2 Å². The first-order valence-corrected chi connectivity index (χ1v) is 18.4. The summed E-state index contributed by atoms with van der Waals surface area (Å²) < 4.78 is 36.3. The molecule has 3 aromatic rings. The Balaban J connectivity index is 1.45. The number of ether oxygens (including phenoxy) is 1. The van der Waals surface area contributed by atoms with Crippen molar-refractivity contribution in [3.8, 4) is 11.5 Å². The van der Waals surface area contributed by atoms with Crippen molar-refractivity contribution in [2.45, 2.75) is 108 Å². The molecular formula is C36H45N2O5S2+. The van der Waals surface area contributed by atoms with Crippen LogP contribution in [0.15, 0.2) is 40.6 Å².